The summed E-state index contributed by atoms with van der Waals surface area (Å²) in [5, 5.41) is 9.66. The number of aliphatic hydroxyl groups excluding tert-OH is 1. The van der Waals surface area contributed by atoms with Gasteiger partial charge in [0.1, 0.15) is 5.82 Å². The molecule has 0 aliphatic carbocycles. The van der Waals surface area contributed by atoms with E-state index in [0.29, 0.717) is 5.69 Å². The zero-order chi connectivity index (χ0) is 16.1. The highest BCUT2D eigenvalue weighted by Crippen LogP contribution is 2.24. The number of likely N-dealkylation sites (N-methyl/N-ethyl adjacent to an activating group) is 1. The molecule has 1 aromatic carbocycles. The van der Waals surface area contributed by atoms with Crippen molar-refractivity contribution in [3.63, 3.8) is 0 Å². The molecule has 5 nitrogen and oxygen atoms in total. The molecular formula is C16H23FN2O3. The van der Waals surface area contributed by atoms with Crippen molar-refractivity contribution in [3.05, 3.63) is 29.6 Å². The molecule has 0 radical (unpaired) electrons. The number of nitrogens with zero attached hydrogens (tertiary/aromatic N) is 2. The summed E-state index contributed by atoms with van der Waals surface area (Å²) in [6.07, 6.45) is 1.38. The highest BCUT2D eigenvalue weighted by molar-refractivity contribution is 5.94. The number of methoxy groups -OCH3 is 1. The lowest BCUT2D eigenvalue weighted by molar-refractivity contribution is 0.0380. The first-order valence-electron chi connectivity index (χ1n) is 7.50. The highest BCUT2D eigenvalue weighted by Gasteiger charge is 2.20. The van der Waals surface area contributed by atoms with E-state index in [9.17, 15) is 14.3 Å². The largest absolute Gasteiger partial charge is 0.389 e. The fraction of sp³-hybridized carbons (Fsp3) is 0.562. The van der Waals surface area contributed by atoms with Gasteiger partial charge >= 0.3 is 0 Å². The van der Waals surface area contributed by atoms with Crippen LogP contribution in [0.4, 0.5) is 10.1 Å². The van der Waals surface area contributed by atoms with E-state index in [2.05, 4.69) is 0 Å². The van der Waals surface area contributed by atoms with Crippen molar-refractivity contribution >= 4 is 11.6 Å². The van der Waals surface area contributed by atoms with Crippen LogP contribution in [0, 0.1) is 5.82 Å². The summed E-state index contributed by atoms with van der Waals surface area (Å²) in [7, 11) is 3.06. The second kappa shape index (κ2) is 7.56. The first-order valence-corrected chi connectivity index (χ1v) is 7.50. The predicted molar refractivity (Wildman–Crippen MR) is 82.7 cm³/mol. The number of carbonyl (C=O) groups excluding carboxylic acids is 1. The third-order valence-corrected chi connectivity index (χ3v) is 3.83. The number of halogens is 1. The molecular weight excluding hydrogens is 287 g/mol. The first-order chi connectivity index (χ1) is 10.5. The lowest BCUT2D eigenvalue weighted by atomic mass is 10.1. The van der Waals surface area contributed by atoms with E-state index in [4.69, 9.17) is 4.74 Å². The Morgan fingerprint density at radius 2 is 2.14 bits per heavy atom. The Morgan fingerprint density at radius 1 is 1.45 bits per heavy atom. The number of hydrogen-bond donors (Lipinski definition) is 1. The molecule has 1 N–H and O–H groups in total. The standard InChI is InChI=1S/C16H23FN2O3/c1-18(10-13(20)11-22-2)16(21)12-5-6-15(14(17)9-12)19-7-3-4-8-19/h5-6,9,13,20H,3-4,7-8,10-11H2,1-2H3. The maximum atomic E-state index is 14.2. The molecule has 0 aromatic heterocycles. The molecule has 0 saturated carbocycles. The molecule has 1 aliphatic heterocycles. The molecule has 1 unspecified atom stereocenters. The molecule has 1 aromatic rings. The average Bonchev–Trinajstić information content (AvgIpc) is 3.00. The molecule has 1 fully saturated rings. The maximum absolute atomic E-state index is 14.2. The second-order valence-electron chi connectivity index (χ2n) is 5.66. The molecule has 122 valence electrons. The molecule has 0 spiro atoms. The van der Waals surface area contributed by atoms with Gasteiger partial charge in [0.25, 0.3) is 5.91 Å². The zero-order valence-corrected chi connectivity index (χ0v) is 13.1. The summed E-state index contributed by atoms with van der Waals surface area (Å²) in [4.78, 5) is 15.6. The van der Waals surface area contributed by atoms with E-state index < -0.39 is 6.10 Å². The third kappa shape index (κ3) is 3.96. The molecule has 1 aliphatic rings. The van der Waals surface area contributed by atoms with Gasteiger partial charge in [-0.15, -0.1) is 0 Å². The van der Waals surface area contributed by atoms with Crippen LogP contribution in [0.15, 0.2) is 18.2 Å². The van der Waals surface area contributed by atoms with E-state index in [1.807, 2.05) is 4.90 Å². The van der Waals surface area contributed by atoms with Crippen LogP contribution in [0.3, 0.4) is 0 Å². The van der Waals surface area contributed by atoms with E-state index in [1.165, 1.54) is 18.1 Å². The van der Waals surface area contributed by atoms with Crippen molar-refractivity contribution in [2.24, 2.45) is 0 Å². The molecule has 6 heteroatoms. The number of ether oxygens (including phenoxy) is 1. The van der Waals surface area contributed by atoms with Gasteiger partial charge in [0.05, 0.1) is 18.4 Å². The van der Waals surface area contributed by atoms with E-state index >= 15 is 0 Å². The summed E-state index contributed by atoms with van der Waals surface area (Å²) >= 11 is 0. The number of anilines is 1. The van der Waals surface area contributed by atoms with Crippen LogP contribution in [0.5, 0.6) is 0 Å². The Bertz CT molecular complexity index is 518. The fourth-order valence-corrected chi connectivity index (χ4v) is 2.72. The van der Waals surface area contributed by atoms with E-state index in [-0.39, 0.29) is 30.4 Å². The Labute approximate surface area is 130 Å². The number of rotatable bonds is 6. The van der Waals surface area contributed by atoms with Crippen LogP contribution in [0.2, 0.25) is 0 Å². The molecule has 0 bridgehead atoms. The van der Waals surface area contributed by atoms with Gasteiger partial charge in [-0.3, -0.25) is 4.79 Å². The minimum absolute atomic E-state index is 0.141. The molecule has 1 amide bonds. The van der Waals surface area contributed by atoms with Crippen LogP contribution < -0.4 is 4.90 Å². The summed E-state index contributed by atoms with van der Waals surface area (Å²) in [5.41, 5.74) is 0.837. The first kappa shape index (κ1) is 16.7. The van der Waals surface area contributed by atoms with Crippen molar-refractivity contribution in [2.45, 2.75) is 18.9 Å². The Kier molecular flexibility index (Phi) is 5.74. The van der Waals surface area contributed by atoms with Crippen molar-refractivity contribution in [2.75, 3.05) is 45.3 Å². The fourth-order valence-electron chi connectivity index (χ4n) is 2.72. The second-order valence-corrected chi connectivity index (χ2v) is 5.66. The van der Waals surface area contributed by atoms with E-state index in [1.54, 1.807) is 19.2 Å². The Balaban J connectivity index is 2.05. The van der Waals surface area contributed by atoms with E-state index in [0.717, 1.165) is 25.9 Å². The van der Waals surface area contributed by atoms with Crippen molar-refractivity contribution in [1.82, 2.24) is 4.90 Å². The number of benzene rings is 1. The number of aliphatic hydroxyl groups is 1. The number of carbonyl (C=O) groups is 1. The lowest BCUT2D eigenvalue weighted by Gasteiger charge is -2.22. The van der Waals surface area contributed by atoms with Gasteiger partial charge in [-0.2, -0.15) is 0 Å². The third-order valence-electron chi connectivity index (χ3n) is 3.83. The topological polar surface area (TPSA) is 53.0 Å². The van der Waals surface area contributed by atoms with Gasteiger partial charge in [0.2, 0.25) is 0 Å². The van der Waals surface area contributed by atoms with Crippen LogP contribution in [0.25, 0.3) is 0 Å². The summed E-state index contributed by atoms with van der Waals surface area (Å²) in [6, 6.07) is 4.57. The summed E-state index contributed by atoms with van der Waals surface area (Å²) in [6.45, 7) is 2.00. The Morgan fingerprint density at radius 3 is 2.73 bits per heavy atom. The van der Waals surface area contributed by atoms with Gasteiger partial charge in [-0.1, -0.05) is 0 Å². The van der Waals surface area contributed by atoms with Crippen LogP contribution in [-0.4, -0.2) is 62.4 Å². The molecule has 22 heavy (non-hydrogen) atoms. The number of hydrogen-bond acceptors (Lipinski definition) is 4. The minimum atomic E-state index is -0.757. The maximum Gasteiger partial charge on any atom is 0.253 e. The molecule has 1 heterocycles. The van der Waals surface area contributed by atoms with Crippen LogP contribution >= 0.6 is 0 Å². The molecule has 1 atom stereocenters. The van der Waals surface area contributed by atoms with Crippen molar-refractivity contribution < 1.29 is 19.0 Å². The van der Waals surface area contributed by atoms with Gasteiger partial charge in [0.15, 0.2) is 0 Å². The average molecular weight is 310 g/mol. The Hall–Kier alpha value is -1.66. The van der Waals surface area contributed by atoms with Gasteiger partial charge in [0, 0.05) is 39.4 Å². The van der Waals surface area contributed by atoms with Gasteiger partial charge in [-0.25, -0.2) is 4.39 Å². The normalized spacial score (nSPS) is 15.9. The highest BCUT2D eigenvalue weighted by atomic mass is 19.1. The summed E-state index contributed by atoms with van der Waals surface area (Å²) < 4.78 is 19.1. The van der Waals surface area contributed by atoms with Crippen molar-refractivity contribution in [3.8, 4) is 0 Å². The lowest BCUT2D eigenvalue weighted by Crippen LogP contribution is -2.36. The van der Waals surface area contributed by atoms with Gasteiger partial charge in [-0.05, 0) is 31.0 Å². The van der Waals surface area contributed by atoms with Gasteiger partial charge < -0.3 is 19.6 Å². The summed E-state index contributed by atoms with van der Waals surface area (Å²) in [5.74, 6) is -0.694. The van der Waals surface area contributed by atoms with Crippen LogP contribution in [0.1, 0.15) is 23.2 Å². The number of amides is 1. The minimum Gasteiger partial charge on any atom is -0.389 e. The SMILES string of the molecule is COCC(O)CN(C)C(=O)c1ccc(N2CCCC2)c(F)c1. The molecule has 1 saturated heterocycles. The van der Waals surface area contributed by atoms with Crippen molar-refractivity contribution in [1.29, 1.82) is 0 Å². The monoisotopic (exact) mass is 310 g/mol. The predicted octanol–water partition coefficient (Wildman–Crippen LogP) is 1.51. The quantitative estimate of drug-likeness (QED) is 0.865. The molecule has 2 rings (SSSR count). The van der Waals surface area contributed by atoms with Crippen LogP contribution in [-0.2, 0) is 4.74 Å². The smallest absolute Gasteiger partial charge is 0.253 e. The zero-order valence-electron chi connectivity index (χ0n) is 13.1.